The molecule has 0 unspecified atom stereocenters. The van der Waals surface area contributed by atoms with Crippen LogP contribution in [0.4, 0.5) is 10.8 Å². The van der Waals surface area contributed by atoms with Gasteiger partial charge in [0.05, 0.1) is 12.8 Å². The summed E-state index contributed by atoms with van der Waals surface area (Å²) in [4.78, 5) is 28.3. The highest BCUT2D eigenvalue weighted by atomic mass is 32.1. The highest BCUT2D eigenvalue weighted by Gasteiger charge is 2.15. The summed E-state index contributed by atoms with van der Waals surface area (Å²) >= 11 is 1.33. The van der Waals surface area contributed by atoms with E-state index in [0.717, 1.165) is 18.5 Å². The van der Waals surface area contributed by atoms with Crippen LogP contribution in [-0.2, 0) is 9.53 Å². The van der Waals surface area contributed by atoms with Crippen molar-refractivity contribution in [2.24, 2.45) is 5.92 Å². The maximum absolute atomic E-state index is 12.1. The number of esters is 1. The van der Waals surface area contributed by atoms with Crippen molar-refractivity contribution in [2.75, 3.05) is 30.9 Å². The van der Waals surface area contributed by atoms with E-state index in [0.29, 0.717) is 22.5 Å². The molecule has 1 aromatic heterocycles. The molecule has 0 radical (unpaired) electrons. The maximum atomic E-state index is 12.1. The molecule has 2 N–H and O–H groups in total. The summed E-state index contributed by atoms with van der Waals surface area (Å²) in [5, 5.41) is 8.13. The molecule has 0 fully saturated rings. The van der Waals surface area contributed by atoms with E-state index in [-0.39, 0.29) is 5.69 Å². The van der Waals surface area contributed by atoms with Gasteiger partial charge in [-0.15, -0.1) is 11.3 Å². The first-order chi connectivity index (χ1) is 12.9. The van der Waals surface area contributed by atoms with Crippen LogP contribution in [0.1, 0.15) is 36.3 Å². The van der Waals surface area contributed by atoms with Crippen LogP contribution in [0.25, 0.3) is 0 Å². The molecule has 1 heterocycles. The van der Waals surface area contributed by atoms with Crippen molar-refractivity contribution in [3.05, 3.63) is 34.8 Å². The SMILES string of the molecule is COc1ccc(C)cc1NC(=O)COC(=O)c1csc(NCCC(C)C)n1. The van der Waals surface area contributed by atoms with Crippen molar-refractivity contribution in [3.8, 4) is 5.75 Å². The number of methoxy groups -OCH3 is 1. The molecule has 0 saturated heterocycles. The Labute approximate surface area is 163 Å². The summed E-state index contributed by atoms with van der Waals surface area (Å²) in [6.07, 6.45) is 1.02. The molecule has 0 bridgehead atoms. The number of nitrogens with zero attached hydrogens (tertiary/aromatic N) is 1. The normalized spacial score (nSPS) is 10.6. The van der Waals surface area contributed by atoms with E-state index in [4.69, 9.17) is 9.47 Å². The topological polar surface area (TPSA) is 89.5 Å². The molecule has 0 aliphatic rings. The number of hydrogen-bond donors (Lipinski definition) is 2. The fraction of sp³-hybridized carbons (Fsp3) is 0.421. The molecular weight excluding hydrogens is 366 g/mol. The minimum absolute atomic E-state index is 0.188. The second-order valence-corrected chi connectivity index (χ2v) is 7.33. The smallest absolute Gasteiger partial charge is 0.358 e. The van der Waals surface area contributed by atoms with E-state index in [1.165, 1.54) is 18.4 Å². The summed E-state index contributed by atoms with van der Waals surface area (Å²) < 4.78 is 10.3. The summed E-state index contributed by atoms with van der Waals surface area (Å²) in [6, 6.07) is 5.43. The van der Waals surface area contributed by atoms with Gasteiger partial charge in [0, 0.05) is 11.9 Å². The van der Waals surface area contributed by atoms with Crippen molar-refractivity contribution in [2.45, 2.75) is 27.2 Å². The lowest BCUT2D eigenvalue weighted by Gasteiger charge is -2.11. The first kappa shape index (κ1) is 20.7. The Morgan fingerprint density at radius 1 is 1.30 bits per heavy atom. The molecule has 2 rings (SSSR count). The summed E-state index contributed by atoms with van der Waals surface area (Å²) in [6.45, 7) is 6.58. The van der Waals surface area contributed by atoms with E-state index in [2.05, 4.69) is 29.5 Å². The van der Waals surface area contributed by atoms with Crippen LogP contribution in [0.5, 0.6) is 5.75 Å². The van der Waals surface area contributed by atoms with E-state index >= 15 is 0 Å². The lowest BCUT2D eigenvalue weighted by Crippen LogP contribution is -2.21. The molecule has 0 aliphatic heterocycles. The zero-order valence-corrected chi connectivity index (χ0v) is 16.8. The van der Waals surface area contributed by atoms with E-state index in [1.54, 1.807) is 17.5 Å². The molecule has 0 spiro atoms. The fourth-order valence-electron chi connectivity index (χ4n) is 2.23. The Morgan fingerprint density at radius 3 is 2.78 bits per heavy atom. The monoisotopic (exact) mass is 391 g/mol. The Kier molecular flexibility index (Phi) is 7.60. The van der Waals surface area contributed by atoms with Gasteiger partial charge in [0.25, 0.3) is 5.91 Å². The van der Waals surface area contributed by atoms with Gasteiger partial charge in [-0.05, 0) is 37.0 Å². The Hall–Kier alpha value is -2.61. The largest absolute Gasteiger partial charge is 0.495 e. The number of aryl methyl sites for hydroxylation is 1. The molecule has 0 aliphatic carbocycles. The molecular formula is C19H25N3O4S. The number of benzene rings is 1. The third-order valence-electron chi connectivity index (χ3n) is 3.67. The molecule has 1 amide bonds. The van der Waals surface area contributed by atoms with Crippen LogP contribution in [0.3, 0.4) is 0 Å². The zero-order chi connectivity index (χ0) is 19.8. The van der Waals surface area contributed by atoms with Crippen LogP contribution >= 0.6 is 11.3 Å². The second kappa shape index (κ2) is 9.91. The van der Waals surface area contributed by atoms with Gasteiger partial charge >= 0.3 is 5.97 Å². The predicted octanol–water partition coefficient (Wildman–Crippen LogP) is 3.71. The van der Waals surface area contributed by atoms with Crippen LogP contribution in [0, 0.1) is 12.8 Å². The molecule has 2 aromatic rings. The van der Waals surface area contributed by atoms with Crippen molar-refractivity contribution in [1.29, 1.82) is 0 Å². The average molecular weight is 391 g/mol. The minimum atomic E-state index is -0.630. The summed E-state index contributed by atoms with van der Waals surface area (Å²) in [5.41, 5.74) is 1.69. The van der Waals surface area contributed by atoms with Crippen molar-refractivity contribution < 1.29 is 19.1 Å². The van der Waals surface area contributed by atoms with E-state index in [1.807, 2.05) is 13.0 Å². The molecule has 7 nitrogen and oxygen atoms in total. The lowest BCUT2D eigenvalue weighted by molar-refractivity contribution is -0.119. The standard InChI is InChI=1S/C19H25N3O4S/c1-12(2)7-8-20-19-22-15(11-27-19)18(24)26-10-17(23)21-14-9-13(3)5-6-16(14)25-4/h5-6,9,11-12H,7-8,10H2,1-4H3,(H,20,22)(H,21,23). The first-order valence-electron chi connectivity index (χ1n) is 8.70. The quantitative estimate of drug-likeness (QED) is 0.634. The predicted molar refractivity (Wildman–Crippen MR) is 107 cm³/mol. The second-order valence-electron chi connectivity index (χ2n) is 6.48. The van der Waals surface area contributed by atoms with Gasteiger partial charge in [-0.25, -0.2) is 9.78 Å². The number of amides is 1. The highest BCUT2D eigenvalue weighted by molar-refractivity contribution is 7.13. The number of rotatable bonds is 9. The number of ether oxygens (including phenoxy) is 2. The number of hydrogen-bond acceptors (Lipinski definition) is 7. The first-order valence-corrected chi connectivity index (χ1v) is 9.58. The van der Waals surface area contributed by atoms with Crippen LogP contribution in [0.2, 0.25) is 0 Å². The zero-order valence-electron chi connectivity index (χ0n) is 16.0. The molecule has 0 saturated carbocycles. The van der Waals surface area contributed by atoms with Crippen LogP contribution in [-0.4, -0.2) is 37.1 Å². The lowest BCUT2D eigenvalue weighted by atomic mass is 10.1. The number of aromatic nitrogens is 1. The van der Waals surface area contributed by atoms with Crippen LogP contribution < -0.4 is 15.4 Å². The van der Waals surface area contributed by atoms with Gasteiger partial charge in [0.2, 0.25) is 0 Å². The molecule has 27 heavy (non-hydrogen) atoms. The maximum Gasteiger partial charge on any atom is 0.358 e. The number of thiazole rings is 1. The Bertz CT molecular complexity index is 789. The highest BCUT2D eigenvalue weighted by Crippen LogP contribution is 2.25. The van der Waals surface area contributed by atoms with Gasteiger partial charge in [-0.3, -0.25) is 4.79 Å². The van der Waals surface area contributed by atoms with Crippen LogP contribution in [0.15, 0.2) is 23.6 Å². The molecule has 146 valence electrons. The van der Waals surface area contributed by atoms with Crippen molar-refractivity contribution in [3.63, 3.8) is 0 Å². The minimum Gasteiger partial charge on any atom is -0.495 e. The third-order valence-corrected chi connectivity index (χ3v) is 4.47. The molecule has 8 heteroatoms. The summed E-state index contributed by atoms with van der Waals surface area (Å²) in [5.74, 6) is 0.0524. The number of nitrogens with one attached hydrogen (secondary N) is 2. The average Bonchev–Trinajstić information content (AvgIpc) is 3.08. The van der Waals surface area contributed by atoms with Crippen molar-refractivity contribution in [1.82, 2.24) is 4.98 Å². The fourth-order valence-corrected chi connectivity index (χ4v) is 2.94. The Morgan fingerprint density at radius 2 is 2.07 bits per heavy atom. The number of anilines is 2. The van der Waals surface area contributed by atoms with Gasteiger partial charge < -0.3 is 20.1 Å². The number of carbonyl (C=O) groups is 2. The third kappa shape index (κ3) is 6.56. The van der Waals surface area contributed by atoms with Gasteiger partial charge in [0.1, 0.15) is 5.75 Å². The van der Waals surface area contributed by atoms with Gasteiger partial charge in [-0.2, -0.15) is 0 Å². The summed E-state index contributed by atoms with van der Waals surface area (Å²) in [7, 11) is 1.52. The van der Waals surface area contributed by atoms with E-state index in [9.17, 15) is 9.59 Å². The molecule has 1 aromatic carbocycles. The Balaban J connectivity index is 1.84. The van der Waals surface area contributed by atoms with Gasteiger partial charge in [0.15, 0.2) is 17.4 Å². The molecule has 0 atom stereocenters. The number of carbonyl (C=O) groups excluding carboxylic acids is 2. The van der Waals surface area contributed by atoms with E-state index < -0.39 is 18.5 Å². The van der Waals surface area contributed by atoms with Crippen molar-refractivity contribution >= 4 is 34.0 Å². The van der Waals surface area contributed by atoms with Gasteiger partial charge in [-0.1, -0.05) is 19.9 Å².